The lowest BCUT2D eigenvalue weighted by atomic mass is 9.93. The maximum Gasteiger partial charge on any atom is 0.459 e. The fourth-order valence-electron chi connectivity index (χ4n) is 3.38. The SMILES string of the molecule is COC(=O)[C@H](C)NP(=O)(OC[C@H]1O[C@@H](n2cnc(C(N)=O)n2)[C@@H](C)C1C)Oc1ccccc1. The zero-order valence-corrected chi connectivity index (χ0v) is 19.7. The van der Waals surface area contributed by atoms with Crippen molar-refractivity contribution in [2.24, 2.45) is 17.6 Å². The summed E-state index contributed by atoms with van der Waals surface area (Å²) in [7, 11) is -2.76. The maximum atomic E-state index is 13.5. The monoisotopic (exact) mass is 481 g/mol. The highest BCUT2D eigenvalue weighted by atomic mass is 31.2. The summed E-state index contributed by atoms with van der Waals surface area (Å²) in [6.45, 7) is 5.31. The molecule has 33 heavy (non-hydrogen) atoms. The third kappa shape index (κ3) is 5.97. The number of primary amides is 1. The van der Waals surface area contributed by atoms with Crippen molar-refractivity contribution in [1.29, 1.82) is 0 Å². The molecule has 2 heterocycles. The van der Waals surface area contributed by atoms with E-state index in [-0.39, 0.29) is 24.3 Å². The Morgan fingerprint density at radius 3 is 2.58 bits per heavy atom. The average molecular weight is 481 g/mol. The van der Waals surface area contributed by atoms with E-state index in [4.69, 9.17) is 24.3 Å². The lowest BCUT2D eigenvalue weighted by Crippen LogP contribution is -2.35. The first kappa shape index (κ1) is 24.8. The van der Waals surface area contributed by atoms with Gasteiger partial charge in [-0.25, -0.2) is 14.2 Å². The molecule has 13 heteroatoms. The van der Waals surface area contributed by atoms with E-state index in [2.05, 4.69) is 15.2 Å². The highest BCUT2D eigenvalue weighted by Gasteiger charge is 2.43. The second-order valence-electron chi connectivity index (χ2n) is 7.77. The van der Waals surface area contributed by atoms with Gasteiger partial charge in [-0.1, -0.05) is 32.0 Å². The molecule has 180 valence electrons. The van der Waals surface area contributed by atoms with E-state index in [1.165, 1.54) is 25.0 Å². The molecular formula is C20H28N5O7P. The average Bonchev–Trinajstić information content (AvgIpc) is 3.38. The van der Waals surface area contributed by atoms with Crippen LogP contribution in [0.1, 0.15) is 37.6 Å². The molecule has 6 atom stereocenters. The van der Waals surface area contributed by atoms with Gasteiger partial charge in [-0.15, -0.1) is 5.10 Å². The lowest BCUT2D eigenvalue weighted by Gasteiger charge is -2.24. The van der Waals surface area contributed by atoms with E-state index in [0.29, 0.717) is 5.75 Å². The van der Waals surface area contributed by atoms with E-state index in [1.807, 2.05) is 13.8 Å². The van der Waals surface area contributed by atoms with E-state index in [0.717, 1.165) is 0 Å². The van der Waals surface area contributed by atoms with Gasteiger partial charge in [0.2, 0.25) is 5.82 Å². The number of benzene rings is 1. The van der Waals surface area contributed by atoms with Crippen LogP contribution in [0.3, 0.4) is 0 Å². The number of carbonyl (C=O) groups excluding carboxylic acids is 2. The van der Waals surface area contributed by atoms with Gasteiger partial charge in [0.05, 0.1) is 19.8 Å². The van der Waals surface area contributed by atoms with E-state index in [1.54, 1.807) is 30.3 Å². The van der Waals surface area contributed by atoms with Crippen molar-refractivity contribution in [3.05, 3.63) is 42.5 Å². The highest BCUT2D eigenvalue weighted by Crippen LogP contribution is 2.47. The van der Waals surface area contributed by atoms with Crippen molar-refractivity contribution in [3.63, 3.8) is 0 Å². The van der Waals surface area contributed by atoms with Crippen LogP contribution >= 0.6 is 7.75 Å². The molecule has 1 aliphatic heterocycles. The topological polar surface area (TPSA) is 157 Å². The van der Waals surface area contributed by atoms with Gasteiger partial charge < -0.3 is 19.7 Å². The number of rotatable bonds is 10. The molecule has 1 aromatic carbocycles. The Morgan fingerprint density at radius 2 is 1.97 bits per heavy atom. The van der Waals surface area contributed by atoms with Crippen LogP contribution in [-0.4, -0.2) is 52.5 Å². The molecule has 1 amide bonds. The molecule has 0 radical (unpaired) electrons. The molecule has 3 rings (SSSR count). The molecule has 12 nitrogen and oxygen atoms in total. The van der Waals surface area contributed by atoms with Crippen LogP contribution in [-0.2, 0) is 23.4 Å². The third-order valence-corrected chi connectivity index (χ3v) is 7.10. The number of ether oxygens (including phenoxy) is 2. The molecule has 2 aromatic rings. The largest absolute Gasteiger partial charge is 0.468 e. The normalized spacial score (nSPS) is 25.2. The van der Waals surface area contributed by atoms with Gasteiger partial charge >= 0.3 is 13.7 Å². The summed E-state index contributed by atoms with van der Waals surface area (Å²) in [6, 6.07) is 7.52. The summed E-state index contributed by atoms with van der Waals surface area (Å²) in [5.74, 6) is -1.22. The summed E-state index contributed by atoms with van der Waals surface area (Å²) in [5, 5.41) is 6.67. The summed E-state index contributed by atoms with van der Waals surface area (Å²) in [6.07, 6.45) is 0.375. The van der Waals surface area contributed by atoms with Gasteiger partial charge in [-0.2, -0.15) is 5.09 Å². The summed E-state index contributed by atoms with van der Waals surface area (Å²) >= 11 is 0. The van der Waals surface area contributed by atoms with E-state index < -0.39 is 38.0 Å². The van der Waals surface area contributed by atoms with Gasteiger partial charge in [0.1, 0.15) is 18.1 Å². The number of para-hydroxylation sites is 1. The molecule has 0 spiro atoms. The van der Waals surface area contributed by atoms with Gasteiger partial charge in [-0.05, 0) is 25.0 Å². The lowest BCUT2D eigenvalue weighted by molar-refractivity contribution is -0.142. The number of hydrogen-bond donors (Lipinski definition) is 2. The number of carbonyl (C=O) groups is 2. The Hall–Kier alpha value is -2.79. The molecular weight excluding hydrogens is 453 g/mol. The Morgan fingerprint density at radius 1 is 1.27 bits per heavy atom. The fraction of sp³-hybridized carbons (Fsp3) is 0.500. The molecule has 0 saturated carbocycles. The Balaban J connectivity index is 1.72. The predicted octanol–water partition coefficient (Wildman–Crippen LogP) is 1.90. The minimum atomic E-state index is -3.99. The maximum absolute atomic E-state index is 13.5. The van der Waals surface area contributed by atoms with Crippen LogP contribution in [0.4, 0.5) is 0 Å². The molecule has 1 aromatic heterocycles. The Labute approximate surface area is 191 Å². The molecule has 0 aliphatic carbocycles. The number of nitrogens with two attached hydrogens (primary N) is 1. The first-order valence-electron chi connectivity index (χ1n) is 10.3. The molecule has 2 unspecified atom stereocenters. The summed E-state index contributed by atoms with van der Waals surface area (Å²) in [4.78, 5) is 27.0. The van der Waals surface area contributed by atoms with Crippen molar-refractivity contribution in [3.8, 4) is 5.75 Å². The quantitative estimate of drug-likeness (QED) is 0.379. The molecule has 1 fully saturated rings. The van der Waals surface area contributed by atoms with Crippen LogP contribution < -0.4 is 15.3 Å². The zero-order chi connectivity index (χ0) is 24.2. The van der Waals surface area contributed by atoms with Crippen LogP contribution in [0.5, 0.6) is 5.75 Å². The predicted molar refractivity (Wildman–Crippen MR) is 116 cm³/mol. The smallest absolute Gasteiger partial charge is 0.459 e. The standard InChI is InChI=1S/C20H28N5O7P/c1-12-13(2)19(25-11-22-18(23-25)17(21)26)31-16(12)10-30-33(28,24-14(3)20(27)29-4)32-15-8-6-5-7-9-15/h5-9,11-14,16,19H,10H2,1-4H3,(H2,21,26)(H,24,28)/t12?,13-,14-,16+,19+,33?/m0/s1. The minimum Gasteiger partial charge on any atom is -0.468 e. The molecule has 0 bridgehead atoms. The Bertz CT molecular complexity index is 1020. The minimum absolute atomic E-state index is 0.0283. The van der Waals surface area contributed by atoms with Crippen molar-refractivity contribution in [2.45, 2.75) is 39.1 Å². The van der Waals surface area contributed by atoms with Crippen molar-refractivity contribution < 1.29 is 32.7 Å². The van der Waals surface area contributed by atoms with Crippen LogP contribution in [0.25, 0.3) is 0 Å². The number of esters is 1. The van der Waals surface area contributed by atoms with E-state index in [9.17, 15) is 14.2 Å². The van der Waals surface area contributed by atoms with Gasteiger partial charge in [0, 0.05) is 5.92 Å². The molecule has 1 saturated heterocycles. The van der Waals surface area contributed by atoms with E-state index >= 15 is 0 Å². The number of hydrogen-bond acceptors (Lipinski definition) is 9. The number of nitrogens with zero attached hydrogens (tertiary/aromatic N) is 3. The molecule has 1 aliphatic rings. The van der Waals surface area contributed by atoms with Crippen molar-refractivity contribution in [1.82, 2.24) is 19.9 Å². The zero-order valence-electron chi connectivity index (χ0n) is 18.8. The summed E-state index contributed by atoms with van der Waals surface area (Å²) < 4.78 is 37.0. The van der Waals surface area contributed by atoms with Crippen molar-refractivity contribution in [2.75, 3.05) is 13.7 Å². The van der Waals surface area contributed by atoms with Crippen LogP contribution in [0.2, 0.25) is 0 Å². The van der Waals surface area contributed by atoms with Crippen LogP contribution in [0.15, 0.2) is 36.7 Å². The molecule has 3 N–H and O–H groups in total. The first-order valence-corrected chi connectivity index (χ1v) is 11.9. The number of nitrogens with one attached hydrogen (secondary N) is 1. The van der Waals surface area contributed by atoms with Crippen molar-refractivity contribution >= 4 is 19.6 Å². The number of methoxy groups -OCH3 is 1. The number of amides is 1. The number of aromatic nitrogens is 3. The third-order valence-electron chi connectivity index (χ3n) is 5.45. The fourth-order valence-corrected chi connectivity index (χ4v) is 4.88. The highest BCUT2D eigenvalue weighted by molar-refractivity contribution is 7.52. The second kappa shape index (κ2) is 10.4. The second-order valence-corrected chi connectivity index (χ2v) is 9.46. The van der Waals surface area contributed by atoms with Gasteiger partial charge in [0.25, 0.3) is 5.91 Å². The van der Waals surface area contributed by atoms with Gasteiger partial charge in [0.15, 0.2) is 6.23 Å². The first-order chi connectivity index (χ1) is 15.6. The Kier molecular flexibility index (Phi) is 7.85. The van der Waals surface area contributed by atoms with Crippen LogP contribution in [0, 0.1) is 11.8 Å². The van der Waals surface area contributed by atoms with Gasteiger partial charge in [-0.3, -0.25) is 14.1 Å². The summed E-state index contributed by atoms with van der Waals surface area (Å²) in [5.41, 5.74) is 5.22.